The number of hydrogen-bond acceptors (Lipinski definition) is 4. The van der Waals surface area contributed by atoms with Crippen LogP contribution >= 0.6 is 0 Å². The summed E-state index contributed by atoms with van der Waals surface area (Å²) in [5.74, 6) is -0.325. The number of hydrogen-bond donors (Lipinski definition) is 2. The first-order valence-corrected chi connectivity index (χ1v) is 12.2. The number of cyclic esters (lactones) is 1. The lowest BCUT2D eigenvalue weighted by molar-refractivity contribution is -0.126. The van der Waals surface area contributed by atoms with Gasteiger partial charge >= 0.3 is 6.09 Å². The molecule has 2 unspecified atom stereocenters. The van der Waals surface area contributed by atoms with Crippen molar-refractivity contribution in [2.45, 2.75) is 50.9 Å². The topological polar surface area (TPSA) is 87.7 Å². The Morgan fingerprint density at radius 3 is 2.36 bits per heavy atom. The summed E-state index contributed by atoms with van der Waals surface area (Å²) in [5, 5.41) is 5.93. The molecule has 1 saturated carbocycles. The molecule has 2 N–H and O–H groups in total. The standard InChI is InChI=1S/C29H29N3O4/c1-19-6-5-9-21(16-19)18-32-26(28(34)31-24-14-15-24)27(36-29(32)35)22-10-12-23(13-11-22)30-25(33)17-20-7-3-2-4-8-20/h2-13,16,24,26-27H,14-15,17-18H2,1H3,(H,30,33)(H,31,34). The van der Waals surface area contributed by atoms with Gasteiger partial charge in [-0.1, -0.05) is 72.3 Å². The number of benzene rings is 3. The zero-order valence-electron chi connectivity index (χ0n) is 20.1. The fourth-order valence-electron chi connectivity index (χ4n) is 4.47. The molecule has 36 heavy (non-hydrogen) atoms. The molecular weight excluding hydrogens is 454 g/mol. The lowest BCUT2D eigenvalue weighted by Gasteiger charge is -2.24. The summed E-state index contributed by atoms with van der Waals surface area (Å²) in [5.41, 5.74) is 4.29. The van der Waals surface area contributed by atoms with Gasteiger partial charge in [0.1, 0.15) is 0 Å². The van der Waals surface area contributed by atoms with Crippen LogP contribution in [-0.4, -0.2) is 34.9 Å². The van der Waals surface area contributed by atoms with Crippen molar-refractivity contribution in [3.63, 3.8) is 0 Å². The van der Waals surface area contributed by atoms with Crippen LogP contribution in [0.15, 0.2) is 78.9 Å². The number of nitrogens with one attached hydrogen (secondary N) is 2. The van der Waals surface area contributed by atoms with Crippen LogP contribution in [0.3, 0.4) is 0 Å². The van der Waals surface area contributed by atoms with Gasteiger partial charge in [-0.2, -0.15) is 0 Å². The van der Waals surface area contributed by atoms with Crippen LogP contribution < -0.4 is 10.6 Å². The summed E-state index contributed by atoms with van der Waals surface area (Å²) in [6.45, 7) is 2.28. The Bertz CT molecular complexity index is 1260. The van der Waals surface area contributed by atoms with E-state index in [4.69, 9.17) is 4.74 Å². The van der Waals surface area contributed by atoms with Crippen LogP contribution in [0.25, 0.3) is 0 Å². The number of anilines is 1. The van der Waals surface area contributed by atoms with Crippen LogP contribution in [0.4, 0.5) is 10.5 Å². The minimum atomic E-state index is -0.780. The van der Waals surface area contributed by atoms with E-state index < -0.39 is 18.2 Å². The molecule has 1 saturated heterocycles. The molecular formula is C29H29N3O4. The molecule has 3 aromatic rings. The lowest BCUT2D eigenvalue weighted by atomic mass is 10.00. The van der Waals surface area contributed by atoms with E-state index in [-0.39, 0.29) is 30.8 Å². The van der Waals surface area contributed by atoms with E-state index in [0.29, 0.717) is 11.3 Å². The molecule has 2 atom stereocenters. The maximum Gasteiger partial charge on any atom is 0.411 e. The highest BCUT2D eigenvalue weighted by atomic mass is 16.6. The molecule has 7 nitrogen and oxygen atoms in total. The van der Waals surface area contributed by atoms with Crippen molar-refractivity contribution in [3.05, 3.63) is 101 Å². The van der Waals surface area contributed by atoms with E-state index in [0.717, 1.165) is 29.5 Å². The molecule has 0 aromatic heterocycles. The highest BCUT2D eigenvalue weighted by Crippen LogP contribution is 2.35. The van der Waals surface area contributed by atoms with E-state index in [1.807, 2.05) is 61.5 Å². The molecule has 2 fully saturated rings. The second-order valence-corrected chi connectivity index (χ2v) is 9.48. The molecule has 1 aliphatic carbocycles. The quantitative estimate of drug-likeness (QED) is 0.493. The first-order valence-electron chi connectivity index (χ1n) is 12.2. The van der Waals surface area contributed by atoms with E-state index >= 15 is 0 Å². The van der Waals surface area contributed by atoms with Gasteiger partial charge in [-0.3, -0.25) is 14.5 Å². The van der Waals surface area contributed by atoms with Crippen molar-refractivity contribution >= 4 is 23.6 Å². The van der Waals surface area contributed by atoms with Crippen LogP contribution in [0.5, 0.6) is 0 Å². The normalized spacial score (nSPS) is 19.0. The van der Waals surface area contributed by atoms with E-state index in [1.54, 1.807) is 24.3 Å². The Labute approximate surface area is 210 Å². The fraction of sp³-hybridized carbons (Fsp3) is 0.276. The minimum absolute atomic E-state index is 0.118. The van der Waals surface area contributed by atoms with Gasteiger partial charge in [0.2, 0.25) is 11.8 Å². The SMILES string of the molecule is Cc1cccc(CN2C(=O)OC(c3ccc(NC(=O)Cc4ccccc4)cc3)C2C(=O)NC2CC2)c1. The number of ether oxygens (including phenoxy) is 1. The first-order chi connectivity index (χ1) is 17.5. The molecule has 0 radical (unpaired) electrons. The highest BCUT2D eigenvalue weighted by molar-refractivity contribution is 5.92. The predicted octanol–water partition coefficient (Wildman–Crippen LogP) is 4.52. The first kappa shape index (κ1) is 23.6. The zero-order valence-corrected chi connectivity index (χ0v) is 20.1. The predicted molar refractivity (Wildman–Crippen MR) is 136 cm³/mol. The Kier molecular flexibility index (Phi) is 6.71. The third-order valence-corrected chi connectivity index (χ3v) is 6.44. The van der Waals surface area contributed by atoms with Crippen molar-refractivity contribution in [3.8, 4) is 0 Å². The number of carbonyl (C=O) groups excluding carboxylic acids is 3. The Morgan fingerprint density at radius 2 is 1.67 bits per heavy atom. The number of carbonyl (C=O) groups is 3. The van der Waals surface area contributed by atoms with Crippen molar-refractivity contribution in [1.29, 1.82) is 0 Å². The fourth-order valence-corrected chi connectivity index (χ4v) is 4.47. The third-order valence-electron chi connectivity index (χ3n) is 6.44. The molecule has 5 rings (SSSR count). The molecule has 0 bridgehead atoms. The number of rotatable bonds is 8. The number of aryl methyl sites for hydroxylation is 1. The molecule has 0 spiro atoms. The molecule has 2 aliphatic rings. The monoisotopic (exact) mass is 483 g/mol. The third kappa shape index (κ3) is 5.57. The molecule has 7 heteroatoms. The highest BCUT2D eigenvalue weighted by Gasteiger charge is 2.47. The van der Waals surface area contributed by atoms with Crippen molar-refractivity contribution in [2.24, 2.45) is 0 Å². The van der Waals surface area contributed by atoms with Gasteiger partial charge in [-0.05, 0) is 48.6 Å². The summed E-state index contributed by atoms with van der Waals surface area (Å²) >= 11 is 0. The summed E-state index contributed by atoms with van der Waals surface area (Å²) in [4.78, 5) is 40.1. The van der Waals surface area contributed by atoms with Crippen LogP contribution in [0, 0.1) is 6.92 Å². The van der Waals surface area contributed by atoms with Crippen molar-refractivity contribution in [1.82, 2.24) is 10.2 Å². The Hall–Kier alpha value is -4.13. The van der Waals surface area contributed by atoms with Crippen molar-refractivity contribution < 1.29 is 19.1 Å². The molecule has 3 amide bonds. The minimum Gasteiger partial charge on any atom is -0.438 e. The van der Waals surface area contributed by atoms with Gasteiger partial charge in [-0.15, -0.1) is 0 Å². The van der Waals surface area contributed by atoms with Crippen LogP contribution in [0.2, 0.25) is 0 Å². The van der Waals surface area contributed by atoms with E-state index in [9.17, 15) is 14.4 Å². The van der Waals surface area contributed by atoms with Gasteiger partial charge in [0.05, 0.1) is 13.0 Å². The lowest BCUT2D eigenvalue weighted by Crippen LogP contribution is -2.46. The summed E-state index contributed by atoms with van der Waals surface area (Å²) in [6, 6.07) is 23.9. The van der Waals surface area contributed by atoms with Gasteiger partial charge in [0.15, 0.2) is 12.1 Å². The summed E-state index contributed by atoms with van der Waals surface area (Å²) in [7, 11) is 0. The smallest absolute Gasteiger partial charge is 0.411 e. The largest absolute Gasteiger partial charge is 0.438 e. The van der Waals surface area contributed by atoms with Crippen LogP contribution in [-0.2, 0) is 27.3 Å². The van der Waals surface area contributed by atoms with E-state index in [2.05, 4.69) is 10.6 Å². The van der Waals surface area contributed by atoms with Crippen molar-refractivity contribution in [2.75, 3.05) is 5.32 Å². The maximum atomic E-state index is 13.2. The second kappa shape index (κ2) is 10.2. The van der Waals surface area contributed by atoms with E-state index in [1.165, 1.54) is 4.90 Å². The second-order valence-electron chi connectivity index (χ2n) is 9.48. The number of amides is 3. The zero-order chi connectivity index (χ0) is 25.1. The van der Waals surface area contributed by atoms with Crippen LogP contribution in [0.1, 0.15) is 41.2 Å². The summed E-state index contributed by atoms with van der Waals surface area (Å²) < 4.78 is 5.74. The maximum absolute atomic E-state index is 13.2. The molecule has 1 aliphatic heterocycles. The average molecular weight is 484 g/mol. The van der Waals surface area contributed by atoms with Gasteiger partial charge in [-0.25, -0.2) is 4.79 Å². The Balaban J connectivity index is 1.32. The average Bonchev–Trinajstić information content (AvgIpc) is 3.62. The number of nitrogens with zero attached hydrogens (tertiary/aromatic N) is 1. The Morgan fingerprint density at radius 1 is 0.944 bits per heavy atom. The molecule has 1 heterocycles. The van der Waals surface area contributed by atoms with Gasteiger partial charge in [0, 0.05) is 11.7 Å². The molecule has 3 aromatic carbocycles. The molecule has 184 valence electrons. The summed E-state index contributed by atoms with van der Waals surface area (Å²) in [6.07, 6.45) is 0.924. The van der Waals surface area contributed by atoms with Gasteiger partial charge in [0.25, 0.3) is 0 Å². The van der Waals surface area contributed by atoms with Gasteiger partial charge < -0.3 is 15.4 Å².